The Labute approximate surface area is 233 Å². The van der Waals surface area contributed by atoms with E-state index in [2.05, 4.69) is 12.2 Å². The van der Waals surface area contributed by atoms with Crippen molar-refractivity contribution in [3.63, 3.8) is 0 Å². The second-order valence-corrected chi connectivity index (χ2v) is 10.2. The van der Waals surface area contributed by atoms with Gasteiger partial charge < -0.3 is 19.7 Å². The Balaban J connectivity index is 1.42. The van der Waals surface area contributed by atoms with Gasteiger partial charge in [-0.2, -0.15) is 0 Å². The summed E-state index contributed by atoms with van der Waals surface area (Å²) >= 11 is 0. The second kappa shape index (κ2) is 17.3. The molecule has 0 aromatic heterocycles. The molecule has 2 aromatic carbocycles. The van der Waals surface area contributed by atoms with Crippen LogP contribution in [0.5, 0.6) is 5.75 Å². The van der Waals surface area contributed by atoms with E-state index in [-0.39, 0.29) is 18.2 Å². The van der Waals surface area contributed by atoms with Gasteiger partial charge in [0.25, 0.3) is 5.91 Å². The van der Waals surface area contributed by atoms with Crippen LogP contribution in [0.1, 0.15) is 93.5 Å². The zero-order chi connectivity index (χ0) is 27.7. The molecule has 3 rings (SSSR count). The van der Waals surface area contributed by atoms with E-state index >= 15 is 0 Å². The number of hydrogen-bond donors (Lipinski definition) is 1. The summed E-state index contributed by atoms with van der Waals surface area (Å²) in [5.41, 5.74) is 1.44. The van der Waals surface area contributed by atoms with Gasteiger partial charge in [0, 0.05) is 18.7 Å². The van der Waals surface area contributed by atoms with Gasteiger partial charge in [0.15, 0.2) is 0 Å². The molecule has 2 aromatic rings. The third-order valence-corrected chi connectivity index (χ3v) is 7.04. The molecule has 1 saturated heterocycles. The van der Waals surface area contributed by atoms with Crippen molar-refractivity contribution in [2.24, 2.45) is 0 Å². The van der Waals surface area contributed by atoms with Crippen molar-refractivity contribution in [1.29, 1.82) is 0 Å². The molecule has 0 radical (unpaired) electrons. The number of benzene rings is 2. The first-order valence-electron chi connectivity index (χ1n) is 14.6. The molecule has 1 atom stereocenters. The molecule has 39 heavy (non-hydrogen) atoms. The maximum Gasteiger partial charge on any atom is 0.308 e. The maximum absolute atomic E-state index is 13.4. The van der Waals surface area contributed by atoms with E-state index in [0.29, 0.717) is 37.6 Å². The molecule has 1 unspecified atom stereocenters. The Morgan fingerprint density at radius 2 is 1.59 bits per heavy atom. The summed E-state index contributed by atoms with van der Waals surface area (Å²) in [6, 6.07) is 15.8. The van der Waals surface area contributed by atoms with E-state index in [4.69, 9.17) is 9.47 Å². The fraction of sp³-hybridized carbons (Fsp3) is 0.531. The zero-order valence-electron chi connectivity index (χ0n) is 23.4. The molecule has 212 valence electrons. The van der Waals surface area contributed by atoms with Crippen LogP contribution in [-0.4, -0.2) is 48.4 Å². The van der Waals surface area contributed by atoms with E-state index in [1.807, 2.05) is 30.3 Å². The number of nitrogens with zero attached hydrogens (tertiary/aromatic N) is 1. The summed E-state index contributed by atoms with van der Waals surface area (Å²) in [6.07, 6.45) is 11.9. The minimum Gasteiger partial charge on any atom is -0.489 e. The Kier molecular flexibility index (Phi) is 13.4. The summed E-state index contributed by atoms with van der Waals surface area (Å²) < 4.78 is 11.3. The number of ether oxygens (including phenoxy) is 2. The van der Waals surface area contributed by atoms with Gasteiger partial charge in [-0.15, -0.1) is 0 Å². The number of piperazine rings is 1. The number of nitrogens with one attached hydrogen (secondary N) is 1. The molecule has 7 nitrogen and oxygen atoms in total. The van der Waals surface area contributed by atoms with E-state index in [0.717, 1.165) is 24.8 Å². The normalized spacial score (nSPS) is 15.1. The Morgan fingerprint density at radius 3 is 2.31 bits per heavy atom. The lowest BCUT2D eigenvalue weighted by molar-refractivity contribution is -0.147. The summed E-state index contributed by atoms with van der Waals surface area (Å²) in [6.45, 7) is 3.64. The third-order valence-electron chi connectivity index (χ3n) is 7.04. The van der Waals surface area contributed by atoms with Crippen LogP contribution in [0.4, 0.5) is 0 Å². The number of esters is 1. The molecule has 0 saturated carbocycles. The van der Waals surface area contributed by atoms with Crippen LogP contribution in [0, 0.1) is 0 Å². The molecular weight excluding hydrogens is 492 g/mol. The lowest BCUT2D eigenvalue weighted by atomic mass is 10.1. The number of carbonyl (C=O) groups is 3. The molecular formula is C32H44N2O5. The third kappa shape index (κ3) is 10.7. The average molecular weight is 537 g/mol. The lowest BCUT2D eigenvalue weighted by Crippen LogP contribution is -2.57. The van der Waals surface area contributed by atoms with Crippen LogP contribution in [0.15, 0.2) is 54.6 Å². The Hall–Kier alpha value is -3.35. The van der Waals surface area contributed by atoms with Crippen LogP contribution in [0.25, 0.3) is 0 Å². The molecule has 1 fully saturated rings. The molecule has 0 spiro atoms. The molecule has 1 heterocycles. The summed E-state index contributed by atoms with van der Waals surface area (Å²) in [7, 11) is 0. The van der Waals surface area contributed by atoms with Gasteiger partial charge in [0.2, 0.25) is 5.91 Å². The SMILES string of the molecule is CCCCCCCCCCCCOC(=O)CC1C(=O)NCCN1C(=O)c1cccc(OCc2ccccc2)c1. The largest absolute Gasteiger partial charge is 0.489 e. The molecule has 0 bridgehead atoms. The lowest BCUT2D eigenvalue weighted by Gasteiger charge is -2.34. The van der Waals surface area contributed by atoms with Crippen molar-refractivity contribution >= 4 is 17.8 Å². The summed E-state index contributed by atoms with van der Waals surface area (Å²) in [5.74, 6) is -0.520. The molecule has 0 aliphatic carbocycles. The number of unbranched alkanes of at least 4 members (excludes halogenated alkanes) is 9. The highest BCUT2D eigenvalue weighted by Gasteiger charge is 2.35. The van der Waals surface area contributed by atoms with Crippen molar-refractivity contribution in [3.8, 4) is 5.75 Å². The number of amides is 2. The molecule has 1 aliphatic heterocycles. The highest BCUT2D eigenvalue weighted by molar-refractivity contribution is 5.99. The van der Waals surface area contributed by atoms with Gasteiger partial charge in [-0.1, -0.05) is 101 Å². The number of rotatable bonds is 17. The van der Waals surface area contributed by atoms with Gasteiger partial charge in [-0.3, -0.25) is 14.4 Å². The minimum atomic E-state index is -0.889. The van der Waals surface area contributed by atoms with Gasteiger partial charge in [-0.05, 0) is 30.2 Å². The van der Waals surface area contributed by atoms with E-state index in [9.17, 15) is 14.4 Å². The Morgan fingerprint density at radius 1 is 0.897 bits per heavy atom. The number of carbonyl (C=O) groups excluding carboxylic acids is 3. The van der Waals surface area contributed by atoms with Crippen LogP contribution in [0.3, 0.4) is 0 Å². The quantitative estimate of drug-likeness (QED) is 0.196. The second-order valence-electron chi connectivity index (χ2n) is 10.2. The van der Waals surface area contributed by atoms with E-state index < -0.39 is 12.0 Å². The van der Waals surface area contributed by atoms with Crippen LogP contribution >= 0.6 is 0 Å². The van der Waals surface area contributed by atoms with Gasteiger partial charge in [-0.25, -0.2) is 0 Å². The van der Waals surface area contributed by atoms with Crippen molar-refractivity contribution in [2.75, 3.05) is 19.7 Å². The number of hydrogen-bond acceptors (Lipinski definition) is 5. The van der Waals surface area contributed by atoms with Crippen molar-refractivity contribution < 1.29 is 23.9 Å². The fourth-order valence-electron chi connectivity index (χ4n) is 4.78. The topological polar surface area (TPSA) is 84.9 Å². The van der Waals surface area contributed by atoms with E-state index in [1.165, 1.54) is 49.8 Å². The van der Waals surface area contributed by atoms with Crippen LogP contribution in [-0.2, 0) is 20.9 Å². The first-order valence-corrected chi connectivity index (χ1v) is 14.6. The van der Waals surface area contributed by atoms with Gasteiger partial charge in [0.1, 0.15) is 18.4 Å². The predicted octanol–water partition coefficient (Wildman–Crippen LogP) is 6.06. The van der Waals surface area contributed by atoms with Crippen molar-refractivity contribution in [3.05, 3.63) is 65.7 Å². The molecule has 1 aliphatic rings. The fourth-order valence-corrected chi connectivity index (χ4v) is 4.78. The van der Waals surface area contributed by atoms with Crippen molar-refractivity contribution in [1.82, 2.24) is 10.2 Å². The molecule has 2 amide bonds. The summed E-state index contributed by atoms with van der Waals surface area (Å²) in [5, 5.41) is 2.77. The highest BCUT2D eigenvalue weighted by atomic mass is 16.5. The smallest absolute Gasteiger partial charge is 0.308 e. The average Bonchev–Trinajstić information content (AvgIpc) is 2.96. The standard InChI is InChI=1S/C32H44N2O5/c1-2-3-4-5-6-7-8-9-10-14-22-38-30(35)24-29-31(36)33-20-21-34(29)32(37)27-18-15-19-28(23-27)39-25-26-16-12-11-13-17-26/h11-13,15-19,23,29H,2-10,14,20-22,24-25H2,1H3,(H,33,36). The Bertz CT molecular complexity index is 1030. The van der Waals surface area contributed by atoms with Crippen LogP contribution in [0.2, 0.25) is 0 Å². The minimum absolute atomic E-state index is 0.153. The maximum atomic E-state index is 13.4. The predicted molar refractivity (Wildman–Crippen MR) is 152 cm³/mol. The van der Waals surface area contributed by atoms with Gasteiger partial charge in [0.05, 0.1) is 13.0 Å². The first kappa shape index (κ1) is 30.2. The molecule has 7 heteroatoms. The molecule has 1 N–H and O–H groups in total. The first-order chi connectivity index (χ1) is 19.1. The van der Waals surface area contributed by atoms with Crippen molar-refractivity contribution in [2.45, 2.75) is 90.2 Å². The van der Waals surface area contributed by atoms with Gasteiger partial charge >= 0.3 is 5.97 Å². The van der Waals surface area contributed by atoms with E-state index in [1.54, 1.807) is 24.3 Å². The highest BCUT2D eigenvalue weighted by Crippen LogP contribution is 2.20. The monoisotopic (exact) mass is 536 g/mol. The summed E-state index contributed by atoms with van der Waals surface area (Å²) in [4.78, 5) is 40.0. The zero-order valence-corrected chi connectivity index (χ0v) is 23.4. The van der Waals surface area contributed by atoms with Crippen LogP contribution < -0.4 is 10.1 Å².